The molecule has 5 radical (unpaired) electrons. The molecule has 0 aliphatic carbocycles. The topological polar surface area (TPSA) is 51.2 Å². The Balaban J connectivity index is -0.00000000562. The summed E-state index contributed by atoms with van der Waals surface area (Å²) in [6.45, 7) is 0. The summed E-state index contributed by atoms with van der Waals surface area (Å²) < 4.78 is 84.8. The molecule has 0 amide bonds. The van der Waals surface area contributed by atoms with Gasteiger partial charge in [-0.05, 0) is 0 Å². The average molecular weight is 1450 g/mol. The fourth-order valence-corrected chi connectivity index (χ4v) is 0. The molecule has 0 aromatic carbocycles. The van der Waals surface area contributed by atoms with E-state index in [2.05, 4.69) is 0 Å². The van der Waals surface area contributed by atoms with Crippen molar-refractivity contribution in [3.8, 4) is 0 Å². The molecule has 0 saturated heterocycles. The van der Waals surface area contributed by atoms with Crippen molar-refractivity contribution in [3.05, 3.63) is 0 Å². The minimum Gasteiger partial charge on any atom is 3.00 e. The van der Waals surface area contributed by atoms with Crippen molar-refractivity contribution in [2.75, 3.05) is 0 Å². The zero-order chi connectivity index (χ0) is 10.7. The zero-order valence-corrected chi connectivity index (χ0v) is 27.2. The molecule has 20 heteroatoms. The van der Waals surface area contributed by atoms with Gasteiger partial charge in [0.1, 0.15) is 0 Å². The van der Waals surface area contributed by atoms with Crippen LogP contribution in [-0.2, 0) is 3.98 Å². The van der Waals surface area contributed by atoms with Gasteiger partial charge < -0.3 is 14.1 Å². The van der Waals surface area contributed by atoms with Gasteiger partial charge in [-0.15, -0.1) is 0 Å². The molecule has 0 saturated carbocycles. The summed E-state index contributed by atoms with van der Waals surface area (Å²) in [6, 6.07) is 0. The van der Waals surface area contributed by atoms with Crippen LogP contribution in [0.25, 0.3) is 0 Å². The summed E-state index contributed by atoms with van der Waals surface area (Å²) in [6.07, 6.45) is 0. The van der Waals surface area contributed by atoms with E-state index >= 15 is 0 Å². The van der Waals surface area contributed by atoms with Crippen molar-refractivity contribution in [1.29, 1.82) is 0 Å². The van der Waals surface area contributed by atoms with Gasteiger partial charge in [0.15, 0.2) is 0 Å². The van der Waals surface area contributed by atoms with Crippen molar-refractivity contribution < 1.29 is 331 Å². The molecule has 0 heterocycles. The molecule has 0 aliphatic heterocycles. The Morgan fingerprint density at radius 3 is 0.400 bits per heavy atom. The SMILES string of the molecule is [F-].[F-].[F-].[O]=[Tb-4]([F])[F].[O]=[Tb-4]([F])[F].[O]=[Tb-4]([F])[F].[Sm+3].[Sm+3].[Sm+3].[Sm+3].[Sm+3]. The van der Waals surface area contributed by atoms with Crippen molar-refractivity contribution >= 4 is 0 Å². The van der Waals surface area contributed by atoms with Crippen LogP contribution in [0.15, 0.2) is 0 Å². The normalized spacial score (nSPS) is 6.60. The van der Waals surface area contributed by atoms with Crippen LogP contribution in [0.4, 0.5) is 7.60 Å². The van der Waals surface area contributed by atoms with E-state index in [0.29, 0.717) is 0 Å². The monoisotopic (exact) mass is 1460 g/mol. The maximum Gasteiger partial charge on any atom is 3.00 e. The second-order valence-electron chi connectivity index (χ2n) is 0.451. The van der Waals surface area contributed by atoms with Crippen LogP contribution in [0.3, 0.4) is 0 Å². The Kier molecular flexibility index (Phi) is 221. The fraction of sp³-hybridized carbons (Fsp3) is 0. The van der Waals surface area contributed by atoms with Gasteiger partial charge in [-0.25, -0.2) is 0 Å². The maximum atomic E-state index is 9.94. The van der Waals surface area contributed by atoms with Crippen LogP contribution in [0, 0.1) is 305 Å². The summed E-state index contributed by atoms with van der Waals surface area (Å²) in [5.41, 5.74) is 0. The van der Waals surface area contributed by atoms with Gasteiger partial charge in [0, 0.05) is 0 Å². The predicted molar refractivity (Wildman–Crippen MR) is 8.71 cm³/mol. The zero-order valence-electron chi connectivity index (χ0n) is 7.67. The van der Waals surface area contributed by atoms with Crippen LogP contribution in [0.5, 0.6) is 0 Å². The van der Waals surface area contributed by atoms with Crippen LogP contribution in [-0.4, -0.2) is 0 Å². The van der Waals surface area contributed by atoms with E-state index in [-0.39, 0.29) is 216 Å². The summed E-state index contributed by atoms with van der Waals surface area (Å²) in [4.78, 5) is 0. The van der Waals surface area contributed by atoms with Gasteiger partial charge in [0.2, 0.25) is 0 Å². The van der Waals surface area contributed by atoms with E-state index in [1.54, 1.807) is 0 Å². The third-order valence-corrected chi connectivity index (χ3v) is 0. The molecule has 0 N–H and O–H groups in total. The molecule has 0 atom stereocenters. The smallest absolute Gasteiger partial charge is 3.00 e. The van der Waals surface area contributed by atoms with Crippen LogP contribution < -0.4 is 14.1 Å². The molecule has 0 unspecified atom stereocenters. The van der Waals surface area contributed by atoms with Gasteiger partial charge in [-0.1, -0.05) is 0 Å². The fourth-order valence-electron chi connectivity index (χ4n) is 0. The Hall–Kier alpha value is 9.32. The molecule has 0 aromatic rings. The Morgan fingerprint density at radius 1 is 0.400 bits per heavy atom. The number of hydrogen-bond donors (Lipinski definition) is 0. The van der Waals surface area contributed by atoms with E-state index in [1.807, 2.05) is 0 Å². The largest absolute Gasteiger partial charge is 3.00 e. The van der Waals surface area contributed by atoms with Crippen LogP contribution in [0.2, 0.25) is 0 Å². The average Bonchev–Trinajstić information content (AvgIpc) is 1.54. The molecule has 0 rings (SSSR count). The predicted octanol–water partition coefficient (Wildman–Crippen LogP) is -6.82. The van der Waals surface area contributed by atoms with Gasteiger partial charge in [0.05, 0.1) is 0 Å². The summed E-state index contributed by atoms with van der Waals surface area (Å²) in [5, 5.41) is 0. The third kappa shape index (κ3) is 218. The second kappa shape index (κ2) is 63.0. The first-order chi connectivity index (χ1) is 5.20. The molecular weight excluding hydrogens is 1450 g/mol. The molecule has 3 nitrogen and oxygen atoms in total. The van der Waals surface area contributed by atoms with Gasteiger partial charge in [-0.2, -0.15) is 0 Å². The Morgan fingerprint density at radius 2 is 0.400 bits per heavy atom. The standard InChI is InChI=1S/9FH.3O.5Sm.3Tb/h9*1H;;;;;;;;;;;/q;;;;;;;;;;;;5*+3;3*-2/p-9. The number of rotatable bonds is 0. The molecule has 0 fully saturated rings. The molecule has 0 bridgehead atoms. The molecule has 0 spiro atoms. The van der Waals surface area contributed by atoms with Gasteiger partial charge in [0.25, 0.3) is 0 Å². The molecule has 0 aromatic heterocycles. The van der Waals surface area contributed by atoms with Crippen LogP contribution in [0.1, 0.15) is 0 Å². The Bertz CT molecular complexity index is 134. The van der Waals surface area contributed by atoms with Crippen molar-refractivity contribution in [1.82, 2.24) is 0 Å². The third-order valence-electron chi connectivity index (χ3n) is 0. The number of hydrogen-bond acceptors (Lipinski definition) is 3. The minimum atomic E-state index is -4.58. The molecule has 0 aliphatic rings. The first-order valence-electron chi connectivity index (χ1n) is 1.16. The first kappa shape index (κ1) is 70.1. The summed E-state index contributed by atoms with van der Waals surface area (Å²) >= 11 is -13.8. The van der Waals surface area contributed by atoms with E-state index in [0.717, 1.165) is 0 Å². The van der Waals surface area contributed by atoms with Crippen molar-refractivity contribution in [3.63, 3.8) is 0 Å². The summed E-state index contributed by atoms with van der Waals surface area (Å²) in [7, 11) is 0. The minimum absolute atomic E-state index is 0. The molecule has 20 heavy (non-hydrogen) atoms. The van der Waals surface area contributed by atoms with E-state index in [4.69, 9.17) is 3.98 Å². The van der Waals surface area contributed by atoms with E-state index in [1.165, 1.54) is 0 Å². The number of halogens is 9. The second-order valence-corrected chi connectivity index (χ2v) is 3.35. The molecule has 138 valence electrons. The quantitative estimate of drug-likeness (QED) is 0.227. The first-order valence-corrected chi connectivity index (χ1v) is 8.63. The van der Waals surface area contributed by atoms with Gasteiger partial charge in [-0.3, -0.25) is 0 Å². The van der Waals surface area contributed by atoms with E-state index < -0.39 is 103 Å². The Labute approximate surface area is 318 Å². The maximum absolute atomic E-state index is 9.94. The van der Waals surface area contributed by atoms with Crippen LogP contribution >= 0.6 is 0 Å². The molecular formula is F9O3Sm5Tb3. The van der Waals surface area contributed by atoms with Gasteiger partial charge >= 0.3 is 317 Å². The van der Waals surface area contributed by atoms with E-state index in [9.17, 15) is 7.60 Å². The van der Waals surface area contributed by atoms with Crippen molar-refractivity contribution in [2.45, 2.75) is 0 Å². The van der Waals surface area contributed by atoms with Crippen molar-refractivity contribution in [2.24, 2.45) is 0 Å². The summed E-state index contributed by atoms with van der Waals surface area (Å²) in [5.74, 6) is 0.